The molecule has 1 aliphatic rings. The van der Waals surface area contributed by atoms with E-state index in [1.165, 1.54) is 12.7 Å². The Morgan fingerprint density at radius 1 is 1.11 bits per heavy atom. The molecule has 148 valence electrons. The van der Waals surface area contributed by atoms with E-state index in [1.807, 2.05) is 18.2 Å². The molecular formula is C21H24ClN3O3. The minimum Gasteiger partial charge on any atom is -0.495 e. The van der Waals surface area contributed by atoms with E-state index >= 15 is 0 Å². The summed E-state index contributed by atoms with van der Waals surface area (Å²) >= 11 is 5.95. The maximum absolute atomic E-state index is 12.3. The zero-order valence-corrected chi connectivity index (χ0v) is 16.5. The molecule has 1 fully saturated rings. The average Bonchev–Trinajstić information content (AvgIpc) is 2.70. The van der Waals surface area contributed by atoms with E-state index < -0.39 is 11.8 Å². The van der Waals surface area contributed by atoms with Crippen molar-refractivity contribution in [2.45, 2.75) is 25.4 Å². The van der Waals surface area contributed by atoms with Crippen LogP contribution in [0.15, 0.2) is 48.5 Å². The summed E-state index contributed by atoms with van der Waals surface area (Å²) in [6, 6.07) is 15.1. The van der Waals surface area contributed by atoms with Gasteiger partial charge in [0.1, 0.15) is 5.75 Å². The second-order valence-electron chi connectivity index (χ2n) is 6.81. The summed E-state index contributed by atoms with van der Waals surface area (Å²) < 4.78 is 5.18. The summed E-state index contributed by atoms with van der Waals surface area (Å²) in [7, 11) is 1.49. The fourth-order valence-electron chi connectivity index (χ4n) is 3.28. The molecule has 2 N–H and O–H groups in total. The molecule has 0 radical (unpaired) electrons. The number of ether oxygens (including phenoxy) is 1. The van der Waals surface area contributed by atoms with Crippen molar-refractivity contribution in [1.82, 2.24) is 10.2 Å². The first-order chi connectivity index (χ1) is 13.5. The first-order valence-electron chi connectivity index (χ1n) is 9.27. The van der Waals surface area contributed by atoms with Crippen LogP contribution in [0.5, 0.6) is 5.75 Å². The molecule has 2 aromatic carbocycles. The molecule has 2 amide bonds. The summed E-state index contributed by atoms with van der Waals surface area (Å²) in [5, 5.41) is 5.83. The number of nitrogens with zero attached hydrogens (tertiary/aromatic N) is 1. The third-order valence-electron chi connectivity index (χ3n) is 4.79. The van der Waals surface area contributed by atoms with Crippen LogP contribution in [0.3, 0.4) is 0 Å². The molecule has 1 saturated heterocycles. The van der Waals surface area contributed by atoms with E-state index in [-0.39, 0.29) is 6.04 Å². The van der Waals surface area contributed by atoms with Crippen LogP contribution in [-0.4, -0.2) is 43.0 Å². The maximum atomic E-state index is 12.3. The van der Waals surface area contributed by atoms with Crippen LogP contribution in [0.4, 0.5) is 5.69 Å². The Labute approximate surface area is 169 Å². The van der Waals surface area contributed by atoms with Crippen molar-refractivity contribution in [2.75, 3.05) is 25.5 Å². The Balaban J connectivity index is 1.47. The third-order valence-corrected chi connectivity index (χ3v) is 5.02. The number of anilines is 1. The largest absolute Gasteiger partial charge is 0.495 e. The smallest absolute Gasteiger partial charge is 0.313 e. The number of amides is 2. The van der Waals surface area contributed by atoms with Crippen molar-refractivity contribution in [1.29, 1.82) is 0 Å². The van der Waals surface area contributed by atoms with Gasteiger partial charge in [-0.3, -0.25) is 14.5 Å². The fourth-order valence-corrected chi connectivity index (χ4v) is 3.46. The summed E-state index contributed by atoms with van der Waals surface area (Å²) in [4.78, 5) is 26.9. The van der Waals surface area contributed by atoms with E-state index in [4.69, 9.17) is 16.3 Å². The monoisotopic (exact) mass is 401 g/mol. The number of nitrogens with one attached hydrogen (secondary N) is 2. The summed E-state index contributed by atoms with van der Waals surface area (Å²) in [5.41, 5.74) is 1.65. The number of benzene rings is 2. The van der Waals surface area contributed by atoms with Crippen LogP contribution in [0.1, 0.15) is 18.4 Å². The predicted molar refractivity (Wildman–Crippen MR) is 110 cm³/mol. The highest BCUT2D eigenvalue weighted by atomic mass is 35.5. The van der Waals surface area contributed by atoms with E-state index in [2.05, 4.69) is 27.7 Å². The van der Waals surface area contributed by atoms with Crippen LogP contribution in [0, 0.1) is 0 Å². The minimum atomic E-state index is -0.729. The van der Waals surface area contributed by atoms with Crippen LogP contribution in [0.2, 0.25) is 5.02 Å². The van der Waals surface area contributed by atoms with Gasteiger partial charge in [-0.2, -0.15) is 0 Å². The van der Waals surface area contributed by atoms with Gasteiger partial charge in [0.05, 0.1) is 12.8 Å². The number of methoxy groups -OCH3 is 1. The molecule has 28 heavy (non-hydrogen) atoms. The van der Waals surface area contributed by atoms with Gasteiger partial charge in [-0.05, 0) is 36.6 Å². The topological polar surface area (TPSA) is 70.7 Å². The average molecular weight is 402 g/mol. The van der Waals surface area contributed by atoms with Crippen molar-refractivity contribution in [3.8, 4) is 5.75 Å². The SMILES string of the molecule is COc1ccc(Cl)cc1NC(=O)C(=O)NC1CCN(Cc2ccccc2)CC1. The number of carbonyl (C=O) groups excluding carboxylic acids is 2. The molecule has 2 aromatic rings. The summed E-state index contributed by atoms with van der Waals surface area (Å²) in [6.45, 7) is 2.66. The zero-order chi connectivity index (χ0) is 19.9. The van der Waals surface area contributed by atoms with Crippen LogP contribution in [0.25, 0.3) is 0 Å². The normalized spacial score (nSPS) is 15.1. The van der Waals surface area contributed by atoms with Crippen molar-refractivity contribution in [3.05, 3.63) is 59.1 Å². The predicted octanol–water partition coefficient (Wildman–Crippen LogP) is 3.07. The lowest BCUT2D eigenvalue weighted by Gasteiger charge is -2.32. The van der Waals surface area contributed by atoms with Crippen molar-refractivity contribution < 1.29 is 14.3 Å². The van der Waals surface area contributed by atoms with Crippen LogP contribution >= 0.6 is 11.6 Å². The van der Waals surface area contributed by atoms with Crippen LogP contribution < -0.4 is 15.4 Å². The highest BCUT2D eigenvalue weighted by molar-refractivity contribution is 6.40. The third kappa shape index (κ3) is 5.47. The van der Waals surface area contributed by atoms with E-state index in [9.17, 15) is 9.59 Å². The van der Waals surface area contributed by atoms with E-state index in [0.29, 0.717) is 16.5 Å². The van der Waals surface area contributed by atoms with Crippen molar-refractivity contribution in [2.24, 2.45) is 0 Å². The number of carbonyl (C=O) groups is 2. The highest BCUT2D eigenvalue weighted by Gasteiger charge is 2.24. The van der Waals surface area contributed by atoms with Gasteiger partial charge in [-0.1, -0.05) is 41.9 Å². The van der Waals surface area contributed by atoms with Crippen molar-refractivity contribution in [3.63, 3.8) is 0 Å². The van der Waals surface area contributed by atoms with Gasteiger partial charge >= 0.3 is 11.8 Å². The molecule has 0 aliphatic carbocycles. The quantitative estimate of drug-likeness (QED) is 0.755. The molecule has 7 heteroatoms. The van der Waals surface area contributed by atoms with Gasteiger partial charge in [-0.15, -0.1) is 0 Å². The zero-order valence-electron chi connectivity index (χ0n) is 15.8. The number of hydrogen-bond donors (Lipinski definition) is 2. The highest BCUT2D eigenvalue weighted by Crippen LogP contribution is 2.27. The Kier molecular flexibility index (Phi) is 6.90. The number of rotatable bonds is 5. The molecule has 6 nitrogen and oxygen atoms in total. The molecule has 0 atom stereocenters. The lowest BCUT2D eigenvalue weighted by atomic mass is 10.0. The number of halogens is 1. The number of piperidine rings is 1. The Morgan fingerprint density at radius 3 is 2.50 bits per heavy atom. The van der Waals surface area contributed by atoms with Gasteiger partial charge in [0.15, 0.2) is 0 Å². The number of hydrogen-bond acceptors (Lipinski definition) is 4. The first-order valence-corrected chi connectivity index (χ1v) is 9.64. The second-order valence-corrected chi connectivity index (χ2v) is 7.24. The molecular weight excluding hydrogens is 378 g/mol. The van der Waals surface area contributed by atoms with Gasteiger partial charge in [0.2, 0.25) is 0 Å². The van der Waals surface area contributed by atoms with Gasteiger partial charge in [-0.25, -0.2) is 0 Å². The summed E-state index contributed by atoms with van der Waals surface area (Å²) in [6.07, 6.45) is 1.62. The molecule has 1 aliphatic heterocycles. The lowest BCUT2D eigenvalue weighted by Crippen LogP contribution is -2.47. The first kappa shape index (κ1) is 20.2. The van der Waals surface area contributed by atoms with E-state index in [0.717, 1.165) is 32.5 Å². The van der Waals surface area contributed by atoms with Crippen LogP contribution in [-0.2, 0) is 16.1 Å². The summed E-state index contributed by atoms with van der Waals surface area (Å²) in [5.74, 6) is -0.935. The molecule has 0 spiro atoms. The standard InChI is InChI=1S/C21H24ClN3O3/c1-28-19-8-7-16(22)13-18(19)24-21(27)20(26)23-17-9-11-25(12-10-17)14-15-5-3-2-4-6-15/h2-8,13,17H,9-12,14H2,1H3,(H,23,26)(H,24,27). The lowest BCUT2D eigenvalue weighted by molar-refractivity contribution is -0.136. The van der Waals surface area contributed by atoms with E-state index in [1.54, 1.807) is 18.2 Å². The molecule has 0 bridgehead atoms. The second kappa shape index (κ2) is 9.57. The van der Waals surface area contributed by atoms with Gasteiger partial charge < -0.3 is 15.4 Å². The molecule has 0 unspecified atom stereocenters. The van der Waals surface area contributed by atoms with Gasteiger partial charge in [0.25, 0.3) is 0 Å². The Bertz CT molecular complexity index is 821. The minimum absolute atomic E-state index is 0.00784. The maximum Gasteiger partial charge on any atom is 0.313 e. The van der Waals surface area contributed by atoms with Crippen molar-refractivity contribution >= 4 is 29.1 Å². The molecule has 3 rings (SSSR count). The Hall–Kier alpha value is -2.57. The molecule has 0 aromatic heterocycles. The van der Waals surface area contributed by atoms with Gasteiger partial charge in [0, 0.05) is 30.7 Å². The molecule has 0 saturated carbocycles. The number of likely N-dealkylation sites (tertiary alicyclic amines) is 1. The Morgan fingerprint density at radius 2 is 1.82 bits per heavy atom. The fraction of sp³-hybridized carbons (Fsp3) is 0.333. The molecule has 1 heterocycles.